The zero-order chi connectivity index (χ0) is 13.0. The van der Waals surface area contributed by atoms with Crippen molar-refractivity contribution in [3.05, 3.63) is 0 Å². The molecule has 1 atom stereocenters. The summed E-state index contributed by atoms with van der Waals surface area (Å²) in [6, 6.07) is 0.502. The Hall–Kier alpha value is -0.570. The van der Waals surface area contributed by atoms with Gasteiger partial charge in [0.25, 0.3) is 0 Å². The summed E-state index contributed by atoms with van der Waals surface area (Å²) in [4.78, 5) is 14.5. The highest BCUT2D eigenvalue weighted by atomic mass is 16.2. The van der Waals surface area contributed by atoms with Gasteiger partial charge in [0.15, 0.2) is 0 Å². The van der Waals surface area contributed by atoms with Crippen LogP contribution in [0.1, 0.15) is 51.9 Å². The first-order valence-electron chi connectivity index (χ1n) is 7.69. The first-order valence-corrected chi connectivity index (χ1v) is 7.69. The molecule has 1 saturated heterocycles. The molecule has 3 heteroatoms. The minimum atomic E-state index is 0.229. The Bertz CT molecular complexity index is 266. The van der Waals surface area contributed by atoms with Crippen LogP contribution >= 0.6 is 0 Å². The number of carbonyl (C=O) groups excluding carboxylic acids is 1. The smallest absolute Gasteiger partial charge is 0.226 e. The normalized spacial score (nSPS) is 33.1. The number of rotatable bonds is 3. The molecule has 0 radical (unpaired) electrons. The van der Waals surface area contributed by atoms with Crippen molar-refractivity contribution < 1.29 is 4.79 Å². The van der Waals surface area contributed by atoms with Crippen molar-refractivity contribution in [1.29, 1.82) is 0 Å². The van der Waals surface area contributed by atoms with E-state index in [1.807, 2.05) is 7.05 Å². The van der Waals surface area contributed by atoms with Gasteiger partial charge in [-0.15, -0.1) is 0 Å². The van der Waals surface area contributed by atoms with Crippen LogP contribution in [0.25, 0.3) is 0 Å². The van der Waals surface area contributed by atoms with Crippen molar-refractivity contribution in [2.45, 2.75) is 57.9 Å². The van der Waals surface area contributed by atoms with Gasteiger partial charge in [0.05, 0.1) is 5.92 Å². The Morgan fingerprint density at radius 3 is 2.50 bits per heavy atom. The number of amides is 1. The number of nitrogens with zero attached hydrogens (tertiary/aromatic N) is 1. The molecular formula is C15H28N2O. The standard InChI is InChI=1S/C15H28N2O/c1-3-12-6-8-14(9-7-12)17(2)15(18)13-5-4-10-16-11-13/h12-14,16H,3-11H2,1-2H3/t12?,13-,14?/m1/s1. The second kappa shape index (κ2) is 6.55. The van der Waals surface area contributed by atoms with Crippen LogP contribution in [-0.4, -0.2) is 37.0 Å². The number of carbonyl (C=O) groups is 1. The lowest BCUT2D eigenvalue weighted by atomic mass is 9.83. The minimum absolute atomic E-state index is 0.229. The van der Waals surface area contributed by atoms with Gasteiger partial charge < -0.3 is 10.2 Å². The maximum absolute atomic E-state index is 12.4. The van der Waals surface area contributed by atoms with Crippen LogP contribution in [0.15, 0.2) is 0 Å². The summed E-state index contributed by atoms with van der Waals surface area (Å²) in [6.45, 7) is 4.25. The van der Waals surface area contributed by atoms with Gasteiger partial charge >= 0.3 is 0 Å². The van der Waals surface area contributed by atoms with Crippen molar-refractivity contribution in [2.75, 3.05) is 20.1 Å². The Kier molecular flexibility index (Phi) is 5.04. The van der Waals surface area contributed by atoms with Crippen LogP contribution in [0.4, 0.5) is 0 Å². The maximum atomic E-state index is 12.4. The lowest BCUT2D eigenvalue weighted by Gasteiger charge is -2.37. The highest BCUT2D eigenvalue weighted by Crippen LogP contribution is 2.29. The predicted octanol–water partition coefficient (Wildman–Crippen LogP) is 2.41. The van der Waals surface area contributed by atoms with Crippen LogP contribution in [0, 0.1) is 11.8 Å². The van der Waals surface area contributed by atoms with E-state index < -0.39 is 0 Å². The summed E-state index contributed by atoms with van der Waals surface area (Å²) in [5.74, 6) is 1.51. The molecule has 0 aromatic heterocycles. The average Bonchev–Trinajstić information content (AvgIpc) is 2.47. The fourth-order valence-electron chi connectivity index (χ4n) is 3.47. The van der Waals surface area contributed by atoms with Gasteiger partial charge in [-0.25, -0.2) is 0 Å². The van der Waals surface area contributed by atoms with Gasteiger partial charge in [-0.1, -0.05) is 13.3 Å². The van der Waals surface area contributed by atoms with E-state index in [1.54, 1.807) is 0 Å². The van der Waals surface area contributed by atoms with Crippen LogP contribution < -0.4 is 5.32 Å². The van der Waals surface area contributed by atoms with E-state index in [1.165, 1.54) is 32.1 Å². The lowest BCUT2D eigenvalue weighted by Crippen LogP contribution is -2.46. The van der Waals surface area contributed by atoms with E-state index in [2.05, 4.69) is 17.1 Å². The Morgan fingerprint density at radius 1 is 1.22 bits per heavy atom. The van der Waals surface area contributed by atoms with Crippen LogP contribution in [0.3, 0.4) is 0 Å². The lowest BCUT2D eigenvalue weighted by molar-refractivity contribution is -0.137. The second-order valence-corrected chi connectivity index (χ2v) is 6.08. The van der Waals surface area contributed by atoms with Crippen molar-refractivity contribution in [1.82, 2.24) is 10.2 Å². The zero-order valence-corrected chi connectivity index (χ0v) is 12.0. The molecule has 1 aliphatic heterocycles. The van der Waals surface area contributed by atoms with Gasteiger partial charge in [-0.3, -0.25) is 4.79 Å². The van der Waals surface area contributed by atoms with Crippen molar-refractivity contribution in [2.24, 2.45) is 11.8 Å². The zero-order valence-electron chi connectivity index (χ0n) is 12.0. The molecule has 0 bridgehead atoms. The SMILES string of the molecule is CCC1CCC(N(C)C(=O)[C@@H]2CCCNC2)CC1. The van der Waals surface area contributed by atoms with E-state index >= 15 is 0 Å². The predicted molar refractivity (Wildman–Crippen MR) is 74.4 cm³/mol. The average molecular weight is 252 g/mol. The summed E-state index contributed by atoms with van der Waals surface area (Å²) in [7, 11) is 2.02. The molecular weight excluding hydrogens is 224 g/mol. The third-order valence-electron chi connectivity index (χ3n) is 4.94. The van der Waals surface area contributed by atoms with Gasteiger partial charge in [-0.05, 0) is 51.0 Å². The van der Waals surface area contributed by atoms with E-state index in [-0.39, 0.29) is 5.92 Å². The summed E-state index contributed by atoms with van der Waals surface area (Å²) in [6.07, 6.45) is 8.55. The molecule has 2 fully saturated rings. The molecule has 2 rings (SSSR count). The molecule has 1 saturated carbocycles. The number of hydrogen-bond donors (Lipinski definition) is 1. The minimum Gasteiger partial charge on any atom is -0.342 e. The number of piperidine rings is 1. The first-order chi connectivity index (χ1) is 8.72. The fourth-order valence-corrected chi connectivity index (χ4v) is 3.47. The van der Waals surface area contributed by atoms with Crippen molar-refractivity contribution in [3.8, 4) is 0 Å². The maximum Gasteiger partial charge on any atom is 0.226 e. The highest BCUT2D eigenvalue weighted by Gasteiger charge is 2.30. The van der Waals surface area contributed by atoms with E-state index in [4.69, 9.17) is 0 Å². The molecule has 1 amide bonds. The summed E-state index contributed by atoms with van der Waals surface area (Å²) >= 11 is 0. The first kappa shape index (κ1) is 13.9. The van der Waals surface area contributed by atoms with E-state index in [0.717, 1.165) is 31.8 Å². The van der Waals surface area contributed by atoms with E-state index in [0.29, 0.717) is 11.9 Å². The van der Waals surface area contributed by atoms with Crippen LogP contribution in [0.5, 0.6) is 0 Å². The van der Waals surface area contributed by atoms with Gasteiger partial charge in [0.1, 0.15) is 0 Å². The van der Waals surface area contributed by atoms with Crippen LogP contribution in [-0.2, 0) is 4.79 Å². The largest absolute Gasteiger partial charge is 0.342 e. The fraction of sp³-hybridized carbons (Fsp3) is 0.933. The molecule has 2 aliphatic rings. The third kappa shape index (κ3) is 3.25. The Morgan fingerprint density at radius 2 is 1.94 bits per heavy atom. The highest BCUT2D eigenvalue weighted by molar-refractivity contribution is 5.79. The van der Waals surface area contributed by atoms with Gasteiger partial charge in [0, 0.05) is 19.6 Å². The quantitative estimate of drug-likeness (QED) is 0.836. The molecule has 1 N–H and O–H groups in total. The van der Waals surface area contributed by atoms with Gasteiger partial charge in [0.2, 0.25) is 5.91 Å². The van der Waals surface area contributed by atoms with Crippen LogP contribution in [0.2, 0.25) is 0 Å². The molecule has 0 aromatic rings. The summed E-state index contributed by atoms with van der Waals surface area (Å²) in [5, 5.41) is 3.34. The molecule has 104 valence electrons. The van der Waals surface area contributed by atoms with Crippen molar-refractivity contribution in [3.63, 3.8) is 0 Å². The Labute approximate surface area is 111 Å². The molecule has 18 heavy (non-hydrogen) atoms. The third-order valence-corrected chi connectivity index (χ3v) is 4.94. The second-order valence-electron chi connectivity index (χ2n) is 6.08. The summed E-state index contributed by atoms with van der Waals surface area (Å²) in [5.41, 5.74) is 0. The number of nitrogens with one attached hydrogen (secondary N) is 1. The molecule has 0 aromatic carbocycles. The molecule has 3 nitrogen and oxygen atoms in total. The molecule has 0 spiro atoms. The number of hydrogen-bond acceptors (Lipinski definition) is 2. The van der Waals surface area contributed by atoms with Gasteiger partial charge in [-0.2, -0.15) is 0 Å². The topological polar surface area (TPSA) is 32.3 Å². The Balaban J connectivity index is 1.83. The molecule has 1 aliphatic carbocycles. The molecule has 1 heterocycles. The van der Waals surface area contributed by atoms with E-state index in [9.17, 15) is 4.79 Å². The molecule has 0 unspecified atom stereocenters. The summed E-state index contributed by atoms with van der Waals surface area (Å²) < 4.78 is 0. The monoisotopic (exact) mass is 252 g/mol. The van der Waals surface area contributed by atoms with Crippen molar-refractivity contribution >= 4 is 5.91 Å².